The molecule has 6 heteroatoms. The van der Waals surface area contributed by atoms with Crippen LogP contribution in [0.25, 0.3) is 0 Å². The smallest absolute Gasteiger partial charge is 0.243 e. The molecule has 0 unspecified atom stereocenters. The number of piperazine rings is 1. The van der Waals surface area contributed by atoms with Gasteiger partial charge < -0.3 is 4.90 Å². The SMILES string of the molecule is CCN1CCN(S(=O)(=O)c2ccc(Br)cc2)CC1. The van der Waals surface area contributed by atoms with E-state index in [0.717, 1.165) is 24.1 Å². The summed E-state index contributed by atoms with van der Waals surface area (Å²) in [6.45, 7) is 5.85. The average molecular weight is 333 g/mol. The minimum Gasteiger partial charge on any atom is -0.301 e. The molecule has 4 nitrogen and oxygen atoms in total. The van der Waals surface area contributed by atoms with Gasteiger partial charge in [0.15, 0.2) is 0 Å². The molecule has 100 valence electrons. The maximum Gasteiger partial charge on any atom is 0.243 e. The lowest BCUT2D eigenvalue weighted by Crippen LogP contribution is -2.48. The Kier molecular flexibility index (Phi) is 4.42. The lowest BCUT2D eigenvalue weighted by atomic mass is 10.4. The van der Waals surface area contributed by atoms with Crippen molar-refractivity contribution in [3.63, 3.8) is 0 Å². The third kappa shape index (κ3) is 2.93. The predicted molar refractivity (Wildman–Crippen MR) is 75.0 cm³/mol. The van der Waals surface area contributed by atoms with Crippen LogP contribution in [0.1, 0.15) is 6.92 Å². The van der Waals surface area contributed by atoms with Crippen LogP contribution in [-0.2, 0) is 10.0 Å². The van der Waals surface area contributed by atoms with Crippen molar-refractivity contribution in [2.75, 3.05) is 32.7 Å². The molecule has 1 saturated heterocycles. The van der Waals surface area contributed by atoms with E-state index in [0.29, 0.717) is 18.0 Å². The molecule has 18 heavy (non-hydrogen) atoms. The topological polar surface area (TPSA) is 40.6 Å². The normalized spacial score (nSPS) is 19.0. The van der Waals surface area contributed by atoms with E-state index in [4.69, 9.17) is 0 Å². The Morgan fingerprint density at radius 3 is 2.17 bits per heavy atom. The molecule has 1 aromatic carbocycles. The number of hydrogen-bond acceptors (Lipinski definition) is 3. The van der Waals surface area contributed by atoms with E-state index >= 15 is 0 Å². The summed E-state index contributed by atoms with van der Waals surface area (Å²) < 4.78 is 27.2. The molecule has 1 aliphatic heterocycles. The zero-order valence-corrected chi connectivity index (χ0v) is 12.7. The summed E-state index contributed by atoms with van der Waals surface area (Å²) in [7, 11) is -3.32. The summed E-state index contributed by atoms with van der Waals surface area (Å²) in [5, 5.41) is 0. The molecule has 0 aromatic heterocycles. The highest BCUT2D eigenvalue weighted by molar-refractivity contribution is 9.10. The Morgan fingerprint density at radius 2 is 1.67 bits per heavy atom. The lowest BCUT2D eigenvalue weighted by Gasteiger charge is -2.33. The van der Waals surface area contributed by atoms with Gasteiger partial charge in [-0.05, 0) is 30.8 Å². The molecule has 1 aromatic rings. The minimum atomic E-state index is -3.32. The first-order chi connectivity index (χ1) is 8.54. The highest BCUT2D eigenvalue weighted by atomic mass is 79.9. The molecule has 0 aliphatic carbocycles. The number of halogens is 1. The van der Waals surface area contributed by atoms with Crippen molar-refractivity contribution in [2.45, 2.75) is 11.8 Å². The molecule has 0 amide bonds. The molecule has 2 rings (SSSR count). The molecule has 0 radical (unpaired) electrons. The van der Waals surface area contributed by atoms with E-state index < -0.39 is 10.0 Å². The molecule has 1 heterocycles. The number of nitrogens with zero attached hydrogens (tertiary/aromatic N) is 2. The quantitative estimate of drug-likeness (QED) is 0.847. The zero-order valence-electron chi connectivity index (χ0n) is 10.3. The van der Waals surface area contributed by atoms with Crippen molar-refractivity contribution < 1.29 is 8.42 Å². The Morgan fingerprint density at radius 1 is 1.11 bits per heavy atom. The van der Waals surface area contributed by atoms with Crippen LogP contribution < -0.4 is 0 Å². The third-order valence-corrected chi connectivity index (χ3v) is 5.67. The first kappa shape index (κ1) is 14.0. The molecular weight excluding hydrogens is 316 g/mol. The van der Waals surface area contributed by atoms with Crippen molar-refractivity contribution in [1.82, 2.24) is 9.21 Å². The van der Waals surface area contributed by atoms with Gasteiger partial charge in [0.05, 0.1) is 4.90 Å². The summed E-state index contributed by atoms with van der Waals surface area (Å²) in [6.07, 6.45) is 0. The van der Waals surface area contributed by atoms with Gasteiger partial charge in [0.1, 0.15) is 0 Å². The fourth-order valence-corrected chi connectivity index (χ4v) is 3.73. The second-order valence-corrected chi connectivity index (χ2v) is 7.15. The first-order valence-electron chi connectivity index (χ1n) is 6.02. The molecule has 0 bridgehead atoms. The van der Waals surface area contributed by atoms with Crippen molar-refractivity contribution >= 4 is 26.0 Å². The monoisotopic (exact) mass is 332 g/mol. The standard InChI is InChI=1S/C12H17BrN2O2S/c1-2-14-7-9-15(10-8-14)18(16,17)12-5-3-11(13)4-6-12/h3-6H,2,7-10H2,1H3. The van der Waals surface area contributed by atoms with Gasteiger partial charge in [0.25, 0.3) is 0 Å². The molecule has 0 saturated carbocycles. The molecule has 0 atom stereocenters. The Hall–Kier alpha value is -0.430. The zero-order chi connectivity index (χ0) is 13.2. The molecule has 1 aliphatic rings. The maximum atomic E-state index is 12.4. The third-order valence-electron chi connectivity index (χ3n) is 3.23. The Bertz CT molecular complexity index is 493. The van der Waals surface area contributed by atoms with Gasteiger partial charge in [-0.3, -0.25) is 0 Å². The average Bonchev–Trinajstić information content (AvgIpc) is 2.39. The summed E-state index contributed by atoms with van der Waals surface area (Å²) in [5.74, 6) is 0. The van der Waals surface area contributed by atoms with Crippen LogP contribution in [-0.4, -0.2) is 50.3 Å². The highest BCUT2D eigenvalue weighted by Gasteiger charge is 2.27. The van der Waals surface area contributed by atoms with Gasteiger partial charge in [-0.25, -0.2) is 8.42 Å². The summed E-state index contributed by atoms with van der Waals surface area (Å²) in [6, 6.07) is 6.81. The van der Waals surface area contributed by atoms with Crippen LogP contribution in [0.5, 0.6) is 0 Å². The first-order valence-corrected chi connectivity index (χ1v) is 8.25. The van der Waals surface area contributed by atoms with E-state index in [-0.39, 0.29) is 0 Å². The molecule has 0 N–H and O–H groups in total. The molecule has 0 spiro atoms. The number of sulfonamides is 1. The number of benzene rings is 1. The van der Waals surface area contributed by atoms with E-state index in [1.165, 1.54) is 0 Å². The van der Waals surface area contributed by atoms with Gasteiger partial charge in [0.2, 0.25) is 10.0 Å². The highest BCUT2D eigenvalue weighted by Crippen LogP contribution is 2.19. The van der Waals surface area contributed by atoms with Crippen molar-refractivity contribution in [3.8, 4) is 0 Å². The van der Waals surface area contributed by atoms with E-state index in [9.17, 15) is 8.42 Å². The molecule has 1 fully saturated rings. The van der Waals surface area contributed by atoms with Gasteiger partial charge in [0, 0.05) is 30.7 Å². The van der Waals surface area contributed by atoms with Crippen molar-refractivity contribution in [3.05, 3.63) is 28.7 Å². The van der Waals surface area contributed by atoms with E-state index in [1.807, 2.05) is 0 Å². The maximum absolute atomic E-state index is 12.4. The predicted octanol–water partition coefficient (Wildman–Crippen LogP) is 1.78. The van der Waals surface area contributed by atoms with Crippen LogP contribution in [0.15, 0.2) is 33.6 Å². The van der Waals surface area contributed by atoms with Crippen LogP contribution in [0.4, 0.5) is 0 Å². The minimum absolute atomic E-state index is 0.371. The van der Waals surface area contributed by atoms with Crippen molar-refractivity contribution in [2.24, 2.45) is 0 Å². The number of rotatable bonds is 3. The summed E-state index contributed by atoms with van der Waals surface area (Å²) in [4.78, 5) is 2.63. The van der Waals surface area contributed by atoms with E-state index in [2.05, 4.69) is 27.8 Å². The van der Waals surface area contributed by atoms with Gasteiger partial charge >= 0.3 is 0 Å². The Balaban J connectivity index is 2.15. The van der Waals surface area contributed by atoms with Crippen molar-refractivity contribution in [1.29, 1.82) is 0 Å². The van der Waals surface area contributed by atoms with Crippen LogP contribution >= 0.6 is 15.9 Å². The number of hydrogen-bond donors (Lipinski definition) is 0. The summed E-state index contributed by atoms with van der Waals surface area (Å²) in [5.41, 5.74) is 0. The van der Waals surface area contributed by atoms with Gasteiger partial charge in [-0.2, -0.15) is 4.31 Å². The largest absolute Gasteiger partial charge is 0.301 e. The second-order valence-electron chi connectivity index (χ2n) is 4.29. The molecular formula is C12H17BrN2O2S. The Labute approximate surface area is 117 Å². The van der Waals surface area contributed by atoms with E-state index in [1.54, 1.807) is 28.6 Å². The van der Waals surface area contributed by atoms with Gasteiger partial charge in [-0.1, -0.05) is 22.9 Å². The summed E-state index contributed by atoms with van der Waals surface area (Å²) >= 11 is 3.31. The van der Waals surface area contributed by atoms with Crippen LogP contribution in [0.2, 0.25) is 0 Å². The second kappa shape index (κ2) is 5.69. The fraction of sp³-hybridized carbons (Fsp3) is 0.500. The van der Waals surface area contributed by atoms with Crippen LogP contribution in [0, 0.1) is 0 Å². The fourth-order valence-electron chi connectivity index (χ4n) is 2.04. The lowest BCUT2D eigenvalue weighted by molar-refractivity contribution is 0.196. The van der Waals surface area contributed by atoms with Gasteiger partial charge in [-0.15, -0.1) is 0 Å². The van der Waals surface area contributed by atoms with Crippen LogP contribution in [0.3, 0.4) is 0 Å². The number of likely N-dealkylation sites (N-methyl/N-ethyl adjacent to an activating group) is 1.